The highest BCUT2D eigenvalue weighted by molar-refractivity contribution is 6.40. The van der Waals surface area contributed by atoms with E-state index in [-0.39, 0.29) is 19.0 Å². The number of carbonyl (C=O) groups excluding carboxylic acids is 4. The lowest BCUT2D eigenvalue weighted by Gasteiger charge is -2.34. The summed E-state index contributed by atoms with van der Waals surface area (Å²) in [6.45, 7) is -1.24. The van der Waals surface area contributed by atoms with Crippen molar-refractivity contribution < 1.29 is 51.4 Å². The highest BCUT2D eigenvalue weighted by atomic mass is 19.2. The Balaban J connectivity index is 1.46. The van der Waals surface area contributed by atoms with Crippen LogP contribution in [-0.2, 0) is 24.0 Å². The quantitative estimate of drug-likeness (QED) is 0.194. The number of likely N-dealkylation sites (tertiary alicyclic amines) is 1. The number of carboxylic acids is 1. The summed E-state index contributed by atoms with van der Waals surface area (Å²) < 4.78 is 59.3. The minimum atomic E-state index is -1.91. The van der Waals surface area contributed by atoms with Crippen LogP contribution in [0, 0.1) is 23.3 Å². The highest BCUT2D eigenvalue weighted by Gasteiger charge is 2.37. The summed E-state index contributed by atoms with van der Waals surface area (Å²) in [6.07, 6.45) is 0.0299. The molecular formula is C29H25F4N3O7. The van der Waals surface area contributed by atoms with Crippen LogP contribution < -0.4 is 15.4 Å². The van der Waals surface area contributed by atoms with Crippen LogP contribution in [0.15, 0.2) is 48.5 Å². The van der Waals surface area contributed by atoms with Crippen molar-refractivity contribution in [1.82, 2.24) is 10.2 Å². The zero-order valence-electron chi connectivity index (χ0n) is 22.4. The van der Waals surface area contributed by atoms with Crippen molar-refractivity contribution in [3.05, 3.63) is 71.8 Å². The van der Waals surface area contributed by atoms with Gasteiger partial charge in [-0.15, -0.1) is 0 Å². The number of halogens is 4. The first-order chi connectivity index (χ1) is 20.5. The Kier molecular flexibility index (Phi) is 9.58. The van der Waals surface area contributed by atoms with Gasteiger partial charge in [0, 0.05) is 23.7 Å². The lowest BCUT2D eigenvalue weighted by atomic mass is 10.00. The number of carbonyl (C=O) groups is 5. The van der Waals surface area contributed by atoms with Crippen LogP contribution in [0.5, 0.6) is 5.75 Å². The Bertz CT molecular complexity index is 1570. The van der Waals surface area contributed by atoms with Crippen molar-refractivity contribution in [2.75, 3.05) is 18.5 Å². The summed E-state index contributed by atoms with van der Waals surface area (Å²) in [6, 6.07) is 9.13. The number of hydrogen-bond donors (Lipinski definition) is 3. The Labute approximate surface area is 241 Å². The average molecular weight is 604 g/mol. The lowest BCUT2D eigenvalue weighted by Crippen LogP contribution is -2.57. The molecule has 0 bridgehead atoms. The van der Waals surface area contributed by atoms with Crippen molar-refractivity contribution in [2.45, 2.75) is 37.8 Å². The zero-order chi connectivity index (χ0) is 31.3. The number of rotatable bonds is 9. The van der Waals surface area contributed by atoms with Crippen LogP contribution in [0.1, 0.15) is 25.7 Å². The molecule has 0 radical (unpaired) electrons. The first-order valence-electron chi connectivity index (χ1n) is 13.1. The Morgan fingerprint density at radius 2 is 1.63 bits per heavy atom. The maximum atomic E-state index is 13.9. The van der Waals surface area contributed by atoms with Crippen LogP contribution in [0.25, 0.3) is 10.8 Å². The maximum Gasteiger partial charge on any atom is 0.313 e. The highest BCUT2D eigenvalue weighted by Crippen LogP contribution is 2.27. The lowest BCUT2D eigenvalue weighted by molar-refractivity contribution is -0.149. The molecule has 0 aromatic heterocycles. The predicted molar refractivity (Wildman–Crippen MR) is 143 cm³/mol. The van der Waals surface area contributed by atoms with Gasteiger partial charge in [-0.05, 0) is 30.7 Å². The number of aliphatic carboxylic acids is 1. The second-order valence-electron chi connectivity index (χ2n) is 9.70. The molecule has 226 valence electrons. The minimum Gasteiger partial charge on any atom is -0.481 e. The van der Waals surface area contributed by atoms with Gasteiger partial charge in [-0.3, -0.25) is 24.0 Å². The fraction of sp³-hybridized carbons (Fsp3) is 0.276. The summed E-state index contributed by atoms with van der Waals surface area (Å²) in [5, 5.41) is 15.5. The molecule has 1 aliphatic rings. The molecule has 10 nitrogen and oxygen atoms in total. The van der Waals surface area contributed by atoms with E-state index in [0.717, 1.165) is 10.3 Å². The SMILES string of the molecule is O=C(O)CC(NC(=O)[C@@H]1CCCCN1C(=O)C(=O)Nc1cccc2ccccc12)C(=O)COc1c(F)c(F)cc(F)c1F. The second-order valence-corrected chi connectivity index (χ2v) is 9.70. The molecule has 0 spiro atoms. The molecular weight excluding hydrogens is 578 g/mol. The van der Waals surface area contributed by atoms with Gasteiger partial charge in [-0.2, -0.15) is 8.78 Å². The summed E-state index contributed by atoms with van der Waals surface area (Å²) in [5.41, 5.74) is 0.368. The van der Waals surface area contributed by atoms with E-state index in [1.807, 2.05) is 18.2 Å². The molecule has 1 unspecified atom stereocenters. The van der Waals surface area contributed by atoms with Crippen molar-refractivity contribution in [3.8, 4) is 5.75 Å². The van der Waals surface area contributed by atoms with E-state index < -0.39 is 83.6 Å². The standard InChI is InChI=1S/C29H25F4N3O7/c30-17-12-18(31)25(33)26(24(17)32)43-14-22(37)20(13-23(38)39)35-27(40)21-10-3-4-11-36(21)29(42)28(41)34-19-9-5-7-15-6-1-2-8-16(15)19/h1-2,5-9,12,20-21H,3-4,10-11,13-14H2,(H,34,41)(H,35,40)(H,38,39)/t20?,21-/m0/s1. The molecule has 43 heavy (non-hydrogen) atoms. The number of benzene rings is 3. The number of fused-ring (bicyclic) bond motifs is 1. The number of carboxylic acid groups (broad SMARTS) is 1. The number of amides is 3. The van der Waals surface area contributed by atoms with Crippen molar-refractivity contribution >= 4 is 45.9 Å². The van der Waals surface area contributed by atoms with E-state index in [2.05, 4.69) is 15.4 Å². The summed E-state index contributed by atoms with van der Waals surface area (Å²) in [5.74, 6) is -14.7. The van der Waals surface area contributed by atoms with E-state index in [1.54, 1.807) is 24.3 Å². The van der Waals surface area contributed by atoms with Crippen LogP contribution in [-0.4, -0.2) is 64.7 Å². The minimum absolute atomic E-state index is 0.0181. The van der Waals surface area contributed by atoms with Crippen LogP contribution in [0.2, 0.25) is 0 Å². The zero-order valence-corrected chi connectivity index (χ0v) is 22.4. The van der Waals surface area contributed by atoms with Gasteiger partial charge in [0.05, 0.1) is 6.42 Å². The fourth-order valence-electron chi connectivity index (χ4n) is 4.70. The number of nitrogens with zero attached hydrogens (tertiary/aromatic N) is 1. The largest absolute Gasteiger partial charge is 0.481 e. The van der Waals surface area contributed by atoms with E-state index >= 15 is 0 Å². The topological polar surface area (TPSA) is 142 Å². The average Bonchev–Trinajstić information content (AvgIpc) is 2.99. The fourth-order valence-corrected chi connectivity index (χ4v) is 4.70. The van der Waals surface area contributed by atoms with E-state index in [1.165, 1.54) is 0 Å². The molecule has 3 N–H and O–H groups in total. The van der Waals surface area contributed by atoms with E-state index in [0.29, 0.717) is 23.9 Å². The smallest absolute Gasteiger partial charge is 0.313 e. The molecule has 3 aromatic carbocycles. The van der Waals surface area contributed by atoms with Crippen LogP contribution in [0.3, 0.4) is 0 Å². The molecule has 0 saturated carbocycles. The van der Waals surface area contributed by atoms with Crippen molar-refractivity contribution in [1.29, 1.82) is 0 Å². The van der Waals surface area contributed by atoms with Gasteiger partial charge < -0.3 is 25.4 Å². The van der Waals surface area contributed by atoms with E-state index in [4.69, 9.17) is 0 Å². The molecule has 0 aliphatic carbocycles. The predicted octanol–water partition coefficient (Wildman–Crippen LogP) is 3.32. The van der Waals surface area contributed by atoms with Crippen LogP contribution in [0.4, 0.5) is 23.2 Å². The normalized spacial score (nSPS) is 15.4. The molecule has 3 aromatic rings. The third-order valence-corrected chi connectivity index (χ3v) is 6.81. The molecule has 3 amide bonds. The van der Waals surface area contributed by atoms with Crippen LogP contribution >= 0.6 is 0 Å². The number of ketones is 1. The molecule has 1 saturated heterocycles. The molecule has 1 heterocycles. The molecule has 4 rings (SSSR count). The van der Waals surface area contributed by atoms with E-state index in [9.17, 15) is 46.6 Å². The van der Waals surface area contributed by atoms with Gasteiger partial charge in [-0.25, -0.2) is 8.78 Å². The number of hydrogen-bond acceptors (Lipinski definition) is 6. The summed E-state index contributed by atoms with van der Waals surface area (Å²) in [4.78, 5) is 64.4. The molecule has 2 atom stereocenters. The molecule has 1 aliphatic heterocycles. The van der Waals surface area contributed by atoms with Gasteiger partial charge in [-0.1, -0.05) is 36.4 Å². The third-order valence-electron chi connectivity index (χ3n) is 6.81. The summed E-state index contributed by atoms with van der Waals surface area (Å²) >= 11 is 0. The number of Topliss-reactive ketones (excluding diaryl/α,β-unsaturated/α-hetero) is 1. The Morgan fingerprint density at radius 3 is 2.33 bits per heavy atom. The van der Waals surface area contributed by atoms with Gasteiger partial charge in [0.1, 0.15) is 18.7 Å². The van der Waals surface area contributed by atoms with Gasteiger partial charge in [0.15, 0.2) is 23.2 Å². The van der Waals surface area contributed by atoms with Gasteiger partial charge >= 0.3 is 17.8 Å². The number of ether oxygens (including phenoxy) is 1. The van der Waals surface area contributed by atoms with Gasteiger partial charge in [0.2, 0.25) is 17.5 Å². The Hall–Kier alpha value is -5.01. The third kappa shape index (κ3) is 7.08. The van der Waals surface area contributed by atoms with Gasteiger partial charge in [0.25, 0.3) is 0 Å². The number of anilines is 1. The monoisotopic (exact) mass is 603 g/mol. The van der Waals surface area contributed by atoms with Crippen molar-refractivity contribution in [3.63, 3.8) is 0 Å². The Morgan fingerprint density at radius 1 is 0.953 bits per heavy atom. The first-order valence-corrected chi connectivity index (χ1v) is 13.1. The van der Waals surface area contributed by atoms with Crippen molar-refractivity contribution in [2.24, 2.45) is 0 Å². The number of nitrogens with one attached hydrogen (secondary N) is 2. The number of piperidine rings is 1. The first kappa shape index (κ1) is 30.9. The second kappa shape index (κ2) is 13.3. The maximum absolute atomic E-state index is 13.9. The molecule has 14 heteroatoms. The molecule has 1 fully saturated rings. The summed E-state index contributed by atoms with van der Waals surface area (Å²) in [7, 11) is 0.